The highest BCUT2D eigenvalue weighted by atomic mass is 35.5. The molecule has 2 heterocycles. The van der Waals surface area contributed by atoms with Gasteiger partial charge in [0.05, 0.1) is 0 Å². The van der Waals surface area contributed by atoms with Gasteiger partial charge in [-0.15, -0.1) is 12.4 Å². The van der Waals surface area contributed by atoms with Gasteiger partial charge in [-0.3, -0.25) is 4.79 Å². The second-order valence-electron chi connectivity index (χ2n) is 5.43. The first-order chi connectivity index (χ1) is 8.81. The van der Waals surface area contributed by atoms with Gasteiger partial charge in [0, 0.05) is 19.7 Å². The molecule has 0 bridgehead atoms. The first kappa shape index (κ1) is 16.7. The second kappa shape index (κ2) is 8.77. The van der Waals surface area contributed by atoms with E-state index in [4.69, 9.17) is 4.74 Å². The third-order valence-corrected chi connectivity index (χ3v) is 4.06. The third-order valence-electron chi connectivity index (χ3n) is 4.06. The number of rotatable bonds is 4. The Morgan fingerprint density at radius 2 is 2.00 bits per heavy atom. The number of hydrogen-bond donors (Lipinski definition) is 1. The fraction of sp³-hybridized carbons (Fsp3) is 0.929. The van der Waals surface area contributed by atoms with Crippen molar-refractivity contribution < 1.29 is 9.53 Å². The Bertz CT molecular complexity index is 262. The number of likely N-dealkylation sites (tertiary alicyclic amines) is 1. The number of hydrogen-bond acceptors (Lipinski definition) is 3. The van der Waals surface area contributed by atoms with Crippen LogP contribution in [0.15, 0.2) is 0 Å². The van der Waals surface area contributed by atoms with E-state index in [1.54, 1.807) is 0 Å². The maximum absolute atomic E-state index is 12.3. The van der Waals surface area contributed by atoms with Crippen molar-refractivity contribution >= 4 is 18.3 Å². The van der Waals surface area contributed by atoms with Gasteiger partial charge in [-0.2, -0.15) is 0 Å². The number of carbonyl (C=O) groups excluding carboxylic acids is 1. The molecular weight excluding hydrogens is 264 g/mol. The lowest BCUT2D eigenvalue weighted by atomic mass is 9.96. The molecule has 0 spiro atoms. The molecule has 0 aromatic rings. The topological polar surface area (TPSA) is 41.6 Å². The van der Waals surface area contributed by atoms with E-state index in [-0.39, 0.29) is 24.4 Å². The lowest BCUT2D eigenvalue weighted by Crippen LogP contribution is -2.46. The van der Waals surface area contributed by atoms with E-state index in [1.165, 1.54) is 0 Å². The Morgan fingerprint density at radius 1 is 1.26 bits per heavy atom. The zero-order valence-corrected chi connectivity index (χ0v) is 12.7. The van der Waals surface area contributed by atoms with Crippen molar-refractivity contribution in [2.75, 3.05) is 32.8 Å². The molecule has 19 heavy (non-hydrogen) atoms. The number of piperidine rings is 1. The Hall–Kier alpha value is -0.320. The SMILES string of the molecule is CCNCC1CCN(C(=O)C2CCCCO2)CC1.Cl. The van der Waals surface area contributed by atoms with Crippen LogP contribution < -0.4 is 5.32 Å². The van der Waals surface area contributed by atoms with E-state index in [0.717, 1.165) is 70.8 Å². The summed E-state index contributed by atoms with van der Waals surface area (Å²) in [4.78, 5) is 14.3. The molecule has 2 fully saturated rings. The van der Waals surface area contributed by atoms with Crippen molar-refractivity contribution in [2.24, 2.45) is 5.92 Å². The number of ether oxygens (including phenoxy) is 1. The Labute approximate surface area is 122 Å². The van der Waals surface area contributed by atoms with Crippen molar-refractivity contribution in [1.29, 1.82) is 0 Å². The van der Waals surface area contributed by atoms with Crippen LogP contribution in [0.1, 0.15) is 39.0 Å². The van der Waals surface area contributed by atoms with Gasteiger partial charge in [0.1, 0.15) is 6.10 Å². The van der Waals surface area contributed by atoms with Crippen LogP contribution in [0.25, 0.3) is 0 Å². The largest absolute Gasteiger partial charge is 0.368 e. The highest BCUT2D eigenvalue weighted by Gasteiger charge is 2.29. The average molecular weight is 291 g/mol. The van der Waals surface area contributed by atoms with Crippen LogP contribution in [0, 0.1) is 5.92 Å². The summed E-state index contributed by atoms with van der Waals surface area (Å²) in [5.41, 5.74) is 0. The first-order valence-electron chi connectivity index (χ1n) is 7.42. The minimum absolute atomic E-state index is 0. The van der Waals surface area contributed by atoms with Gasteiger partial charge >= 0.3 is 0 Å². The Kier molecular flexibility index (Phi) is 7.73. The summed E-state index contributed by atoms with van der Waals surface area (Å²) in [6.07, 6.45) is 5.26. The second-order valence-corrected chi connectivity index (χ2v) is 5.43. The molecule has 2 saturated heterocycles. The van der Waals surface area contributed by atoms with Crippen molar-refractivity contribution in [3.8, 4) is 0 Å². The fourth-order valence-corrected chi connectivity index (χ4v) is 2.85. The van der Waals surface area contributed by atoms with E-state index in [0.29, 0.717) is 0 Å². The zero-order valence-electron chi connectivity index (χ0n) is 11.9. The zero-order chi connectivity index (χ0) is 12.8. The molecule has 0 radical (unpaired) electrons. The van der Waals surface area contributed by atoms with Crippen LogP contribution in [0.5, 0.6) is 0 Å². The highest BCUT2D eigenvalue weighted by Crippen LogP contribution is 2.20. The maximum Gasteiger partial charge on any atom is 0.251 e. The molecule has 2 aliphatic heterocycles. The van der Waals surface area contributed by atoms with Crippen LogP contribution >= 0.6 is 12.4 Å². The normalized spacial score (nSPS) is 24.9. The highest BCUT2D eigenvalue weighted by molar-refractivity contribution is 5.85. The van der Waals surface area contributed by atoms with Gasteiger partial charge in [-0.25, -0.2) is 0 Å². The van der Waals surface area contributed by atoms with E-state index < -0.39 is 0 Å². The standard InChI is InChI=1S/C14H26N2O2.ClH/c1-2-15-11-12-6-8-16(9-7-12)14(17)13-5-3-4-10-18-13;/h12-13,15H,2-11H2,1H3;1H. The number of nitrogens with one attached hydrogen (secondary N) is 1. The molecule has 1 N–H and O–H groups in total. The monoisotopic (exact) mass is 290 g/mol. The molecular formula is C14H27ClN2O2. The summed E-state index contributed by atoms with van der Waals surface area (Å²) in [6, 6.07) is 0. The molecule has 1 unspecified atom stereocenters. The molecule has 1 atom stereocenters. The minimum atomic E-state index is -0.149. The van der Waals surface area contributed by atoms with Crippen LogP contribution in [0.3, 0.4) is 0 Å². The lowest BCUT2D eigenvalue weighted by molar-refractivity contribution is -0.147. The predicted molar refractivity (Wildman–Crippen MR) is 78.7 cm³/mol. The molecule has 112 valence electrons. The van der Waals surface area contributed by atoms with Gasteiger partial charge < -0.3 is 15.0 Å². The van der Waals surface area contributed by atoms with Gasteiger partial charge in [-0.1, -0.05) is 6.92 Å². The van der Waals surface area contributed by atoms with Crippen molar-refractivity contribution in [2.45, 2.75) is 45.1 Å². The predicted octanol–water partition coefficient (Wildman–Crippen LogP) is 1.83. The van der Waals surface area contributed by atoms with Crippen LogP contribution in [-0.2, 0) is 9.53 Å². The number of nitrogens with zero attached hydrogens (tertiary/aromatic N) is 1. The molecule has 4 nitrogen and oxygen atoms in total. The van der Waals surface area contributed by atoms with Gasteiger partial charge in [0.25, 0.3) is 5.91 Å². The van der Waals surface area contributed by atoms with Gasteiger partial charge in [0.15, 0.2) is 0 Å². The summed E-state index contributed by atoms with van der Waals surface area (Å²) in [7, 11) is 0. The smallest absolute Gasteiger partial charge is 0.251 e. The summed E-state index contributed by atoms with van der Waals surface area (Å²) >= 11 is 0. The van der Waals surface area contributed by atoms with E-state index in [2.05, 4.69) is 12.2 Å². The van der Waals surface area contributed by atoms with Crippen molar-refractivity contribution in [1.82, 2.24) is 10.2 Å². The Morgan fingerprint density at radius 3 is 2.58 bits per heavy atom. The van der Waals surface area contributed by atoms with Crippen molar-refractivity contribution in [3.63, 3.8) is 0 Å². The third kappa shape index (κ3) is 4.93. The first-order valence-corrected chi connectivity index (χ1v) is 7.42. The molecule has 1 amide bonds. The summed E-state index contributed by atoms with van der Waals surface area (Å²) in [6.45, 7) is 6.85. The summed E-state index contributed by atoms with van der Waals surface area (Å²) < 4.78 is 5.58. The van der Waals surface area contributed by atoms with Crippen LogP contribution in [-0.4, -0.2) is 49.7 Å². The maximum atomic E-state index is 12.3. The minimum Gasteiger partial charge on any atom is -0.368 e. The molecule has 0 saturated carbocycles. The molecule has 0 aliphatic carbocycles. The molecule has 0 aromatic heterocycles. The van der Waals surface area contributed by atoms with E-state index >= 15 is 0 Å². The van der Waals surface area contributed by atoms with E-state index in [1.807, 2.05) is 4.90 Å². The fourth-order valence-electron chi connectivity index (χ4n) is 2.85. The Balaban J connectivity index is 0.00000180. The van der Waals surface area contributed by atoms with Gasteiger partial charge in [-0.05, 0) is 51.1 Å². The quantitative estimate of drug-likeness (QED) is 0.859. The van der Waals surface area contributed by atoms with E-state index in [9.17, 15) is 4.79 Å². The summed E-state index contributed by atoms with van der Waals surface area (Å²) in [5.74, 6) is 0.970. The number of halogens is 1. The lowest BCUT2D eigenvalue weighted by Gasteiger charge is -2.35. The average Bonchev–Trinajstić information content (AvgIpc) is 2.46. The van der Waals surface area contributed by atoms with Crippen LogP contribution in [0.4, 0.5) is 0 Å². The molecule has 0 aromatic carbocycles. The molecule has 2 aliphatic rings. The van der Waals surface area contributed by atoms with Crippen molar-refractivity contribution in [3.05, 3.63) is 0 Å². The number of carbonyl (C=O) groups is 1. The van der Waals surface area contributed by atoms with Gasteiger partial charge in [0.2, 0.25) is 0 Å². The summed E-state index contributed by atoms with van der Waals surface area (Å²) in [5, 5.41) is 3.40. The number of amides is 1. The van der Waals surface area contributed by atoms with Crippen LogP contribution in [0.2, 0.25) is 0 Å². The molecule has 2 rings (SSSR count). The molecule has 5 heteroatoms.